The van der Waals surface area contributed by atoms with Gasteiger partial charge in [0, 0.05) is 5.69 Å². The van der Waals surface area contributed by atoms with Gasteiger partial charge in [-0.1, -0.05) is 111 Å². The number of amides is 1. The van der Waals surface area contributed by atoms with E-state index in [2.05, 4.69) is 92.0 Å². The second-order valence-electron chi connectivity index (χ2n) is 8.87. The molecule has 2 nitrogen and oxygen atoms in total. The molecule has 0 heterocycles. The van der Waals surface area contributed by atoms with Crippen molar-refractivity contribution >= 4 is 22.4 Å². The summed E-state index contributed by atoms with van der Waals surface area (Å²) in [5.41, 5.74) is 5.73. The fourth-order valence-corrected chi connectivity index (χ4v) is 4.61. The molecule has 0 aliphatic carbocycles. The minimum atomic E-state index is -0.172. The number of rotatable bonds is 9. The Morgan fingerprint density at radius 2 is 1.48 bits per heavy atom. The van der Waals surface area contributed by atoms with Crippen LogP contribution in [0.3, 0.4) is 0 Å². The third-order valence-electron chi connectivity index (χ3n) is 6.53. The van der Waals surface area contributed by atoms with E-state index >= 15 is 0 Å². The molecule has 0 aliphatic rings. The molecule has 1 N–H and O–H groups in total. The first-order chi connectivity index (χ1) is 16.2. The Labute approximate surface area is 197 Å². The highest BCUT2D eigenvalue weighted by Crippen LogP contribution is 2.31. The Morgan fingerprint density at radius 3 is 2.30 bits per heavy atom. The second kappa shape index (κ2) is 11.0. The Morgan fingerprint density at radius 1 is 0.788 bits per heavy atom. The van der Waals surface area contributed by atoms with E-state index in [1.54, 1.807) is 0 Å². The molecule has 33 heavy (non-hydrogen) atoms. The maximum absolute atomic E-state index is 13.7. The van der Waals surface area contributed by atoms with Gasteiger partial charge >= 0.3 is 0 Å². The predicted octanol–water partition coefficient (Wildman–Crippen LogP) is 8.04. The lowest BCUT2D eigenvalue weighted by Gasteiger charge is -2.20. The van der Waals surface area contributed by atoms with Crippen LogP contribution in [0.25, 0.3) is 10.8 Å². The number of aryl methyl sites for hydroxylation is 1. The molecule has 4 rings (SSSR count). The monoisotopic (exact) mass is 435 g/mol. The maximum Gasteiger partial charge on any atom is 0.231 e. The van der Waals surface area contributed by atoms with Crippen LogP contribution in [0.4, 0.5) is 5.69 Å². The minimum Gasteiger partial charge on any atom is -0.325 e. The van der Waals surface area contributed by atoms with Gasteiger partial charge in [0.15, 0.2) is 0 Å². The van der Waals surface area contributed by atoms with Crippen molar-refractivity contribution < 1.29 is 4.79 Å². The first kappa shape index (κ1) is 22.8. The summed E-state index contributed by atoms with van der Waals surface area (Å²) in [5.74, 6) is -0.0890. The SMILES string of the molecule is CCCCCC(C(=O)Nc1ccccc1Cc1ccccc1C)c1cccc2ccccc12. The summed E-state index contributed by atoms with van der Waals surface area (Å²) in [7, 11) is 0. The summed E-state index contributed by atoms with van der Waals surface area (Å²) in [6.45, 7) is 4.34. The van der Waals surface area contributed by atoms with E-state index in [4.69, 9.17) is 0 Å². The van der Waals surface area contributed by atoms with Crippen LogP contribution in [0.2, 0.25) is 0 Å². The number of fused-ring (bicyclic) bond motifs is 1. The number of para-hydroxylation sites is 1. The molecule has 168 valence electrons. The molecule has 0 spiro atoms. The van der Waals surface area contributed by atoms with Gasteiger partial charge in [-0.2, -0.15) is 0 Å². The molecule has 0 fully saturated rings. The van der Waals surface area contributed by atoms with Crippen molar-refractivity contribution in [2.75, 3.05) is 5.32 Å². The molecule has 1 amide bonds. The third-order valence-corrected chi connectivity index (χ3v) is 6.53. The average molecular weight is 436 g/mol. The normalized spacial score (nSPS) is 11.9. The standard InChI is InChI=1S/C31H33NO/c1-3-4-5-19-29(28-20-12-17-24-14-8-10-18-27(24)28)31(33)32-30-21-11-9-16-26(30)22-25-15-7-6-13-23(25)2/h6-18,20-21,29H,3-5,19,22H2,1-2H3,(H,32,33). The Bertz CT molecular complexity index is 1220. The van der Waals surface area contributed by atoms with Crippen LogP contribution in [0.15, 0.2) is 91.0 Å². The zero-order valence-electron chi connectivity index (χ0n) is 19.7. The van der Waals surface area contributed by atoms with Crippen LogP contribution in [0.1, 0.15) is 60.8 Å². The van der Waals surface area contributed by atoms with Crippen molar-refractivity contribution in [3.63, 3.8) is 0 Å². The number of anilines is 1. The highest BCUT2D eigenvalue weighted by Gasteiger charge is 2.23. The van der Waals surface area contributed by atoms with E-state index in [1.165, 1.54) is 21.9 Å². The van der Waals surface area contributed by atoms with E-state index in [0.29, 0.717) is 0 Å². The van der Waals surface area contributed by atoms with Crippen LogP contribution >= 0.6 is 0 Å². The molecule has 1 atom stereocenters. The summed E-state index contributed by atoms with van der Waals surface area (Å²) in [6.07, 6.45) is 4.98. The number of carbonyl (C=O) groups is 1. The zero-order chi connectivity index (χ0) is 23.0. The Hall–Kier alpha value is -3.39. The van der Waals surface area contributed by atoms with Gasteiger partial charge in [0.1, 0.15) is 0 Å². The highest BCUT2D eigenvalue weighted by molar-refractivity contribution is 6.00. The van der Waals surface area contributed by atoms with Gasteiger partial charge in [0.25, 0.3) is 0 Å². The fraction of sp³-hybridized carbons (Fsp3) is 0.258. The molecular weight excluding hydrogens is 402 g/mol. The van der Waals surface area contributed by atoms with Gasteiger partial charge in [0.2, 0.25) is 5.91 Å². The summed E-state index contributed by atoms with van der Waals surface area (Å²) in [4.78, 5) is 13.7. The second-order valence-corrected chi connectivity index (χ2v) is 8.87. The highest BCUT2D eigenvalue weighted by atomic mass is 16.1. The quantitative estimate of drug-likeness (QED) is 0.265. The lowest BCUT2D eigenvalue weighted by atomic mass is 9.88. The molecular formula is C31H33NO. The topological polar surface area (TPSA) is 29.1 Å². The number of carbonyl (C=O) groups excluding carboxylic acids is 1. The van der Waals surface area contributed by atoms with E-state index in [9.17, 15) is 4.79 Å². The molecule has 0 bridgehead atoms. The smallest absolute Gasteiger partial charge is 0.231 e. The molecule has 4 aromatic carbocycles. The average Bonchev–Trinajstić information content (AvgIpc) is 2.84. The number of unbranched alkanes of at least 4 members (excludes halogenated alkanes) is 2. The maximum atomic E-state index is 13.7. The molecule has 0 radical (unpaired) electrons. The van der Waals surface area contributed by atoms with Crippen LogP contribution in [-0.4, -0.2) is 5.91 Å². The largest absolute Gasteiger partial charge is 0.325 e. The van der Waals surface area contributed by atoms with Gasteiger partial charge in [-0.3, -0.25) is 4.79 Å². The van der Waals surface area contributed by atoms with E-state index in [1.807, 2.05) is 18.2 Å². The van der Waals surface area contributed by atoms with Gasteiger partial charge in [-0.05, 0) is 58.9 Å². The van der Waals surface area contributed by atoms with Crippen LogP contribution in [0, 0.1) is 6.92 Å². The number of benzene rings is 4. The first-order valence-electron chi connectivity index (χ1n) is 12.1. The lowest BCUT2D eigenvalue weighted by molar-refractivity contribution is -0.117. The Balaban J connectivity index is 1.63. The van der Waals surface area contributed by atoms with Crippen molar-refractivity contribution in [2.24, 2.45) is 0 Å². The van der Waals surface area contributed by atoms with Crippen LogP contribution in [-0.2, 0) is 11.2 Å². The fourth-order valence-electron chi connectivity index (χ4n) is 4.61. The number of nitrogens with one attached hydrogen (secondary N) is 1. The van der Waals surface area contributed by atoms with Crippen LogP contribution < -0.4 is 5.32 Å². The zero-order valence-corrected chi connectivity index (χ0v) is 19.7. The van der Waals surface area contributed by atoms with Crippen molar-refractivity contribution in [3.8, 4) is 0 Å². The first-order valence-corrected chi connectivity index (χ1v) is 12.1. The lowest BCUT2D eigenvalue weighted by Crippen LogP contribution is -2.22. The van der Waals surface area contributed by atoms with E-state index < -0.39 is 0 Å². The molecule has 2 heteroatoms. The third kappa shape index (κ3) is 5.51. The summed E-state index contributed by atoms with van der Waals surface area (Å²) < 4.78 is 0. The molecule has 0 aliphatic heterocycles. The molecule has 0 saturated heterocycles. The van der Waals surface area contributed by atoms with Crippen molar-refractivity contribution in [3.05, 3.63) is 113 Å². The molecule has 0 saturated carbocycles. The minimum absolute atomic E-state index is 0.0830. The summed E-state index contributed by atoms with van der Waals surface area (Å²) >= 11 is 0. The number of hydrogen-bond donors (Lipinski definition) is 1. The van der Waals surface area contributed by atoms with E-state index in [-0.39, 0.29) is 11.8 Å². The molecule has 4 aromatic rings. The van der Waals surface area contributed by atoms with Crippen molar-refractivity contribution in [2.45, 2.75) is 51.9 Å². The number of hydrogen-bond acceptors (Lipinski definition) is 1. The molecule has 0 aromatic heterocycles. The van der Waals surface area contributed by atoms with E-state index in [0.717, 1.165) is 48.9 Å². The molecule has 1 unspecified atom stereocenters. The van der Waals surface area contributed by atoms with Crippen LogP contribution in [0.5, 0.6) is 0 Å². The van der Waals surface area contributed by atoms with Crippen molar-refractivity contribution in [1.29, 1.82) is 0 Å². The summed E-state index contributed by atoms with van der Waals surface area (Å²) in [5, 5.41) is 5.66. The predicted molar refractivity (Wildman–Crippen MR) is 140 cm³/mol. The summed E-state index contributed by atoms with van der Waals surface area (Å²) in [6, 6.07) is 31.3. The van der Waals surface area contributed by atoms with Gasteiger partial charge in [0.05, 0.1) is 5.92 Å². The van der Waals surface area contributed by atoms with Crippen molar-refractivity contribution in [1.82, 2.24) is 0 Å². The van der Waals surface area contributed by atoms with Gasteiger partial charge in [-0.15, -0.1) is 0 Å². The van der Waals surface area contributed by atoms with Gasteiger partial charge < -0.3 is 5.32 Å². The van der Waals surface area contributed by atoms with Gasteiger partial charge in [-0.25, -0.2) is 0 Å². The Kier molecular flexibility index (Phi) is 7.57.